The summed E-state index contributed by atoms with van der Waals surface area (Å²) in [6.07, 6.45) is 0.206. The van der Waals surface area contributed by atoms with Crippen molar-refractivity contribution in [1.29, 1.82) is 0 Å². The number of sulfonamides is 1. The number of imide groups is 1. The van der Waals surface area contributed by atoms with E-state index >= 15 is 0 Å². The van der Waals surface area contributed by atoms with Crippen LogP contribution in [0, 0.1) is 11.7 Å². The number of ether oxygens (including phenoxy) is 2. The second-order valence-electron chi connectivity index (χ2n) is 7.50. The van der Waals surface area contributed by atoms with E-state index in [1.165, 1.54) is 23.1 Å². The van der Waals surface area contributed by atoms with Crippen LogP contribution in [0.25, 0.3) is 0 Å². The predicted molar refractivity (Wildman–Crippen MR) is 108 cm³/mol. The molecular formula is C19H28FN3O6S. The number of benzene rings is 1. The van der Waals surface area contributed by atoms with Gasteiger partial charge in [0.2, 0.25) is 15.9 Å². The summed E-state index contributed by atoms with van der Waals surface area (Å²) in [6, 6.07) is 3.16. The van der Waals surface area contributed by atoms with E-state index in [-0.39, 0.29) is 43.7 Å². The van der Waals surface area contributed by atoms with Crippen LogP contribution in [0.4, 0.5) is 9.18 Å². The van der Waals surface area contributed by atoms with Gasteiger partial charge < -0.3 is 9.47 Å². The number of urea groups is 1. The largest absolute Gasteiger partial charge is 0.490 e. The molecule has 0 spiro atoms. The van der Waals surface area contributed by atoms with Crippen molar-refractivity contribution in [1.82, 2.24) is 14.9 Å². The Morgan fingerprint density at radius 3 is 2.63 bits per heavy atom. The van der Waals surface area contributed by atoms with Gasteiger partial charge in [0.15, 0.2) is 11.6 Å². The summed E-state index contributed by atoms with van der Waals surface area (Å²) in [5.74, 6) is -0.764. The Balaban J connectivity index is 1.79. The van der Waals surface area contributed by atoms with Gasteiger partial charge in [0.05, 0.1) is 12.4 Å². The van der Waals surface area contributed by atoms with Crippen molar-refractivity contribution in [3.63, 3.8) is 0 Å². The van der Waals surface area contributed by atoms with Gasteiger partial charge in [0.1, 0.15) is 13.3 Å². The second kappa shape index (κ2) is 10.7. The zero-order valence-corrected chi connectivity index (χ0v) is 18.1. The Kier molecular flexibility index (Phi) is 8.56. The summed E-state index contributed by atoms with van der Waals surface area (Å²) in [5.41, 5.74) is 0.583. The molecule has 1 unspecified atom stereocenters. The predicted octanol–water partition coefficient (Wildman–Crippen LogP) is 1.76. The molecule has 1 fully saturated rings. The first-order valence-corrected chi connectivity index (χ1v) is 11.3. The van der Waals surface area contributed by atoms with Gasteiger partial charge in [-0.05, 0) is 37.0 Å². The van der Waals surface area contributed by atoms with Crippen LogP contribution in [0.1, 0.15) is 38.8 Å². The molecule has 168 valence electrons. The molecule has 2 rings (SSSR count). The van der Waals surface area contributed by atoms with E-state index in [1.54, 1.807) is 6.92 Å². The standard InChI is InChI=1S/C19H28FN3O6S/c1-13(2)11-29-17-9-15(5-6-16(17)20)14(3)22-30(26,27)8-4-7-28-12-23-10-18(24)21-19(23)25/h5-6,9,13-14,22H,4,7-8,10-12H2,1-3H3,(H,21,24,25). The van der Waals surface area contributed by atoms with Gasteiger partial charge in [0.25, 0.3) is 0 Å². The molecule has 0 aliphatic carbocycles. The summed E-state index contributed by atoms with van der Waals surface area (Å²) in [4.78, 5) is 23.6. The average Bonchev–Trinajstić information content (AvgIpc) is 2.97. The molecule has 1 aromatic carbocycles. The van der Waals surface area contributed by atoms with Crippen molar-refractivity contribution in [2.45, 2.75) is 33.2 Å². The highest BCUT2D eigenvalue weighted by molar-refractivity contribution is 7.89. The zero-order valence-electron chi connectivity index (χ0n) is 17.3. The van der Waals surface area contributed by atoms with Crippen molar-refractivity contribution in [2.75, 3.05) is 32.2 Å². The van der Waals surface area contributed by atoms with Gasteiger partial charge in [0, 0.05) is 12.6 Å². The molecule has 0 radical (unpaired) electrons. The average molecular weight is 446 g/mol. The molecule has 1 aliphatic heterocycles. The molecule has 0 bridgehead atoms. The van der Waals surface area contributed by atoms with Crippen LogP contribution in [0.3, 0.4) is 0 Å². The Labute approximate surface area is 176 Å². The lowest BCUT2D eigenvalue weighted by molar-refractivity contribution is -0.118. The number of halogens is 1. The second-order valence-corrected chi connectivity index (χ2v) is 9.37. The van der Waals surface area contributed by atoms with Crippen molar-refractivity contribution in [3.05, 3.63) is 29.6 Å². The number of nitrogens with zero attached hydrogens (tertiary/aromatic N) is 1. The molecule has 1 saturated heterocycles. The van der Waals surface area contributed by atoms with Crippen LogP contribution in [0.5, 0.6) is 5.75 Å². The van der Waals surface area contributed by atoms with Crippen molar-refractivity contribution in [3.8, 4) is 5.75 Å². The van der Waals surface area contributed by atoms with Crippen LogP contribution in [-0.4, -0.2) is 57.5 Å². The molecule has 11 heteroatoms. The van der Waals surface area contributed by atoms with Crippen LogP contribution >= 0.6 is 0 Å². The quantitative estimate of drug-likeness (QED) is 0.374. The van der Waals surface area contributed by atoms with Crippen LogP contribution in [0.2, 0.25) is 0 Å². The number of hydrogen-bond donors (Lipinski definition) is 2. The summed E-state index contributed by atoms with van der Waals surface area (Å²) in [5, 5.41) is 2.12. The van der Waals surface area contributed by atoms with Gasteiger partial charge in [-0.2, -0.15) is 0 Å². The lowest BCUT2D eigenvalue weighted by Crippen LogP contribution is -2.31. The molecule has 30 heavy (non-hydrogen) atoms. The molecule has 0 aromatic heterocycles. The number of amides is 3. The zero-order chi connectivity index (χ0) is 22.3. The summed E-state index contributed by atoms with van der Waals surface area (Å²) < 4.78 is 51.8. The minimum absolute atomic E-state index is 0.0727. The van der Waals surface area contributed by atoms with E-state index in [4.69, 9.17) is 9.47 Å². The molecular weight excluding hydrogens is 417 g/mol. The van der Waals surface area contributed by atoms with E-state index < -0.39 is 33.8 Å². The molecule has 1 aliphatic rings. The van der Waals surface area contributed by atoms with E-state index in [2.05, 4.69) is 10.0 Å². The fourth-order valence-electron chi connectivity index (χ4n) is 2.67. The summed E-state index contributed by atoms with van der Waals surface area (Å²) in [7, 11) is -3.61. The smallest absolute Gasteiger partial charge is 0.326 e. The first-order valence-electron chi connectivity index (χ1n) is 9.66. The van der Waals surface area contributed by atoms with E-state index in [9.17, 15) is 22.4 Å². The molecule has 0 saturated carbocycles. The van der Waals surface area contributed by atoms with Crippen molar-refractivity contribution >= 4 is 22.0 Å². The Morgan fingerprint density at radius 2 is 2.00 bits per heavy atom. The Hall–Kier alpha value is -2.24. The Bertz CT molecular complexity index is 862. The molecule has 9 nitrogen and oxygen atoms in total. The first-order chi connectivity index (χ1) is 14.1. The highest BCUT2D eigenvalue weighted by Gasteiger charge is 2.26. The van der Waals surface area contributed by atoms with Crippen LogP contribution < -0.4 is 14.8 Å². The van der Waals surface area contributed by atoms with E-state index in [1.807, 2.05) is 13.8 Å². The van der Waals surface area contributed by atoms with Crippen LogP contribution in [0.15, 0.2) is 18.2 Å². The third-order valence-electron chi connectivity index (χ3n) is 4.20. The van der Waals surface area contributed by atoms with Gasteiger partial charge >= 0.3 is 6.03 Å². The monoisotopic (exact) mass is 445 g/mol. The summed E-state index contributed by atoms with van der Waals surface area (Å²) in [6.45, 7) is 5.86. The summed E-state index contributed by atoms with van der Waals surface area (Å²) >= 11 is 0. The fraction of sp³-hybridized carbons (Fsp3) is 0.579. The molecule has 1 heterocycles. The maximum absolute atomic E-state index is 13.9. The third-order valence-corrected chi connectivity index (χ3v) is 5.74. The highest BCUT2D eigenvalue weighted by atomic mass is 32.2. The lowest BCUT2D eigenvalue weighted by atomic mass is 10.1. The van der Waals surface area contributed by atoms with Crippen LogP contribution in [-0.2, 0) is 19.6 Å². The topological polar surface area (TPSA) is 114 Å². The highest BCUT2D eigenvalue weighted by Crippen LogP contribution is 2.24. The number of rotatable bonds is 12. The SMILES string of the molecule is CC(C)COc1cc(C(C)NS(=O)(=O)CCCOCN2CC(=O)NC2=O)ccc1F. The first kappa shape index (κ1) is 24.0. The van der Waals surface area contributed by atoms with Gasteiger partial charge in [-0.25, -0.2) is 22.3 Å². The maximum atomic E-state index is 13.9. The van der Waals surface area contributed by atoms with Gasteiger partial charge in [-0.3, -0.25) is 15.0 Å². The molecule has 1 aromatic rings. The number of hydrogen-bond acceptors (Lipinski definition) is 6. The van der Waals surface area contributed by atoms with Crippen molar-refractivity contribution in [2.24, 2.45) is 5.92 Å². The van der Waals surface area contributed by atoms with E-state index in [0.29, 0.717) is 12.2 Å². The molecule has 1 atom stereocenters. The van der Waals surface area contributed by atoms with Crippen molar-refractivity contribution < 1.29 is 31.9 Å². The third kappa shape index (κ3) is 7.54. The number of nitrogens with one attached hydrogen (secondary N) is 2. The van der Waals surface area contributed by atoms with Gasteiger partial charge in [-0.15, -0.1) is 0 Å². The molecule has 3 amide bonds. The normalized spacial score (nSPS) is 15.6. The van der Waals surface area contributed by atoms with Gasteiger partial charge in [-0.1, -0.05) is 19.9 Å². The minimum Gasteiger partial charge on any atom is -0.490 e. The Morgan fingerprint density at radius 1 is 1.27 bits per heavy atom. The minimum atomic E-state index is -3.61. The molecule has 2 N–H and O–H groups in total. The number of carbonyl (C=O) groups is 2. The fourth-order valence-corrected chi connectivity index (χ4v) is 3.96. The lowest BCUT2D eigenvalue weighted by Gasteiger charge is -2.17. The number of carbonyl (C=O) groups excluding carboxylic acids is 2. The van der Waals surface area contributed by atoms with E-state index in [0.717, 1.165) is 0 Å². The maximum Gasteiger partial charge on any atom is 0.326 e.